The van der Waals surface area contributed by atoms with Gasteiger partial charge in [0.25, 0.3) is 0 Å². The quantitative estimate of drug-likeness (QED) is 0.149. The second-order valence-electron chi connectivity index (χ2n) is 16.3. The molecule has 0 amide bonds. The van der Waals surface area contributed by atoms with Gasteiger partial charge in [0.2, 0.25) is 0 Å². The Hall–Kier alpha value is -6.33. The van der Waals surface area contributed by atoms with Gasteiger partial charge in [-0.1, -0.05) is 107 Å². The van der Waals surface area contributed by atoms with Crippen molar-refractivity contribution >= 4 is 33.0 Å². The molecule has 0 bridgehead atoms. The van der Waals surface area contributed by atoms with Gasteiger partial charge in [-0.3, -0.25) is 4.98 Å². The normalized spacial score (nSPS) is 12.5. The zero-order valence-electron chi connectivity index (χ0n) is 38.5. The molecule has 0 unspecified atom stereocenters. The Kier molecular flexibility index (Phi) is 11.8. The van der Waals surface area contributed by atoms with Crippen molar-refractivity contribution in [2.45, 2.75) is 72.3 Å². The van der Waals surface area contributed by atoms with Gasteiger partial charge in [-0.15, -0.1) is 48.0 Å². The van der Waals surface area contributed by atoms with Crippen LogP contribution in [0.1, 0.15) is 96.8 Å². The zero-order valence-corrected chi connectivity index (χ0v) is 37.9. The van der Waals surface area contributed by atoms with Crippen LogP contribution in [-0.2, 0) is 26.3 Å². The van der Waals surface area contributed by atoms with Gasteiger partial charge < -0.3 is 14.0 Å². The maximum absolute atomic E-state index is 12.6. The number of alkyl halides is 3. The summed E-state index contributed by atoms with van der Waals surface area (Å²) in [6.07, 6.45) is -3.15. The van der Waals surface area contributed by atoms with E-state index >= 15 is 0 Å². The van der Waals surface area contributed by atoms with Crippen molar-refractivity contribution in [2.24, 2.45) is 0 Å². The van der Waals surface area contributed by atoms with Gasteiger partial charge in [0.15, 0.2) is 0 Å². The van der Waals surface area contributed by atoms with E-state index in [0.717, 1.165) is 56.6 Å². The molecule has 9 aromatic rings. The number of nitriles is 1. The number of nitrogens with zero attached hydrogens (tertiary/aromatic N) is 4. The fourth-order valence-electron chi connectivity index (χ4n) is 7.87. The molecule has 0 saturated carbocycles. The first kappa shape index (κ1) is 40.7. The van der Waals surface area contributed by atoms with Gasteiger partial charge >= 0.3 is 6.18 Å². The Labute approximate surface area is 383 Å². The van der Waals surface area contributed by atoms with Crippen molar-refractivity contribution in [1.29, 1.82) is 5.26 Å². The molecule has 0 saturated heterocycles. The number of furan rings is 1. The molecule has 0 atom stereocenters. The molecule has 0 aliphatic heterocycles. The van der Waals surface area contributed by atoms with E-state index in [2.05, 4.69) is 116 Å². The van der Waals surface area contributed by atoms with E-state index in [1.165, 1.54) is 34.5 Å². The number of fused-ring (bicyclic) bond motifs is 4. The van der Waals surface area contributed by atoms with E-state index in [9.17, 15) is 18.4 Å². The molecule has 9 heteroatoms. The third-order valence-electron chi connectivity index (χ3n) is 11.1. The Balaban J connectivity index is 0.000000230. The maximum Gasteiger partial charge on any atom is 0.381 e. The zero-order chi connectivity index (χ0) is 46.4. The van der Waals surface area contributed by atoms with Crippen LogP contribution in [0.3, 0.4) is 0 Å². The van der Waals surface area contributed by atoms with Crippen LogP contribution in [0, 0.1) is 30.3 Å². The number of hydrogen-bond donors (Lipinski definition) is 0. The number of para-hydroxylation sites is 2. The molecular weight excluding hydrogens is 970 g/mol. The molecule has 1 radical (unpaired) electrons. The molecule has 3 heterocycles. The van der Waals surface area contributed by atoms with Crippen molar-refractivity contribution in [2.75, 3.05) is 0 Å². The van der Waals surface area contributed by atoms with Crippen LogP contribution in [0.2, 0.25) is 0 Å². The molecule has 9 rings (SSSR count). The van der Waals surface area contributed by atoms with Gasteiger partial charge in [0, 0.05) is 41.5 Å². The number of aryl methyl sites for hydroxylation is 1. The number of benzene rings is 6. The molecule has 63 heavy (non-hydrogen) atoms. The summed E-state index contributed by atoms with van der Waals surface area (Å²) in [5.41, 5.74) is 11.6. The molecule has 0 fully saturated rings. The first-order valence-corrected chi connectivity index (χ1v) is 20.5. The SMILES string of the molecule is CC(C)c1cc(-c2ccccc2)cc(C(C)C)c1-n1c(-c2[c-]ccc3c2oc2cc(C#N)ccc23)nc2ccccc21.[2H]C([2H])([2H])c1cnc(-c2[c-]cc(C(F)(F)F)cc2)cc1C(C)C.[Ir]. The average molecular weight is 1020 g/mol. The van der Waals surface area contributed by atoms with Crippen molar-refractivity contribution in [3.8, 4) is 45.5 Å². The van der Waals surface area contributed by atoms with Crippen molar-refractivity contribution in [3.63, 3.8) is 0 Å². The van der Waals surface area contributed by atoms with Crippen molar-refractivity contribution in [3.05, 3.63) is 173 Å². The molecule has 6 aromatic carbocycles. The second-order valence-corrected chi connectivity index (χ2v) is 16.3. The van der Waals surface area contributed by atoms with Gasteiger partial charge in [-0.2, -0.15) is 18.4 Å². The Bertz CT molecular complexity index is 3210. The topological polar surface area (TPSA) is 67.6 Å². The Morgan fingerprint density at radius 1 is 0.762 bits per heavy atom. The van der Waals surface area contributed by atoms with Gasteiger partial charge in [-0.25, -0.2) is 0 Å². The maximum atomic E-state index is 12.6. The Morgan fingerprint density at radius 3 is 2.10 bits per heavy atom. The van der Waals surface area contributed by atoms with Crippen molar-refractivity contribution in [1.82, 2.24) is 14.5 Å². The summed E-state index contributed by atoms with van der Waals surface area (Å²) >= 11 is 0. The average Bonchev–Trinajstić information content (AvgIpc) is 3.86. The molecule has 0 N–H and O–H groups in total. The molecule has 319 valence electrons. The van der Waals surface area contributed by atoms with Crippen molar-refractivity contribution < 1.29 is 41.8 Å². The van der Waals surface area contributed by atoms with E-state index in [1.54, 1.807) is 12.1 Å². The Morgan fingerprint density at radius 2 is 1.46 bits per heavy atom. The van der Waals surface area contributed by atoms with Crippen LogP contribution < -0.4 is 0 Å². The third-order valence-corrected chi connectivity index (χ3v) is 11.1. The summed E-state index contributed by atoms with van der Waals surface area (Å²) in [6, 6.07) is 46.1. The molecule has 0 spiro atoms. The van der Waals surface area contributed by atoms with Crippen LogP contribution in [0.15, 0.2) is 132 Å². The largest absolute Gasteiger partial charge is 0.500 e. The van der Waals surface area contributed by atoms with E-state index in [4.69, 9.17) is 13.5 Å². The van der Waals surface area contributed by atoms with E-state index in [0.29, 0.717) is 28.0 Å². The van der Waals surface area contributed by atoms with Gasteiger partial charge in [0.05, 0.1) is 34.1 Å². The van der Waals surface area contributed by atoms with E-state index < -0.39 is 18.6 Å². The first-order valence-electron chi connectivity index (χ1n) is 22.0. The van der Waals surface area contributed by atoms with E-state index in [-0.39, 0.29) is 43.4 Å². The van der Waals surface area contributed by atoms with Crippen LogP contribution in [-0.4, -0.2) is 14.5 Å². The van der Waals surface area contributed by atoms with Gasteiger partial charge in [-0.05, 0) is 106 Å². The van der Waals surface area contributed by atoms with Crippen LogP contribution in [0.4, 0.5) is 13.2 Å². The minimum Gasteiger partial charge on any atom is -0.500 e. The summed E-state index contributed by atoms with van der Waals surface area (Å²) in [7, 11) is 0. The molecule has 5 nitrogen and oxygen atoms in total. The van der Waals surface area contributed by atoms with Gasteiger partial charge in [0.1, 0.15) is 5.58 Å². The van der Waals surface area contributed by atoms with Crippen LogP contribution >= 0.6 is 0 Å². The summed E-state index contributed by atoms with van der Waals surface area (Å²) < 4.78 is 69.1. The van der Waals surface area contributed by atoms with Crippen LogP contribution in [0.25, 0.3) is 72.4 Å². The number of imidazole rings is 1. The fraction of sp³-hybridized carbons (Fsp3) is 0.204. The first-order chi connectivity index (χ1) is 30.9. The monoisotopic (exact) mass is 1020 g/mol. The predicted molar refractivity (Wildman–Crippen MR) is 243 cm³/mol. The standard InChI is InChI=1S/C38H30N3O.C16H15F3N.Ir/c1-23(2)31-20-27(26-11-6-5-7-12-26)21-32(24(3)4)36(31)41-34-16-9-8-15-33(34)40-38(41)30-14-10-13-29-28-18-17-25(22-39)19-35(28)42-37(29)30;1-10(2)14-8-15(20-9-11(14)3)12-4-6-13(7-5-12)16(17,18)19;/h5-13,15-21,23-24H,1-4H3;4,6-10H,1-3H3;/q2*-1;/i;3D3;. The summed E-state index contributed by atoms with van der Waals surface area (Å²) in [6.45, 7) is 10.5. The molecule has 3 aromatic heterocycles. The number of hydrogen-bond acceptors (Lipinski definition) is 4. The van der Waals surface area contributed by atoms with E-state index in [1.807, 2.05) is 44.2 Å². The minimum absolute atomic E-state index is 0. The molecule has 0 aliphatic carbocycles. The predicted octanol–water partition coefficient (Wildman–Crippen LogP) is 15.2. The third kappa shape index (κ3) is 8.84. The fourth-order valence-corrected chi connectivity index (χ4v) is 7.87. The second kappa shape index (κ2) is 18.2. The number of halogens is 3. The molecule has 0 aliphatic rings. The summed E-state index contributed by atoms with van der Waals surface area (Å²) in [5, 5.41) is 11.4. The minimum atomic E-state index is -4.42. The number of pyridine rings is 1. The molecular formula is C54H45F3IrN4O-2. The number of rotatable bonds is 7. The summed E-state index contributed by atoms with van der Waals surface area (Å²) in [5.74, 6) is 1.27. The number of aromatic nitrogens is 3. The smallest absolute Gasteiger partial charge is 0.381 e. The summed E-state index contributed by atoms with van der Waals surface area (Å²) in [4.78, 5) is 9.29. The van der Waals surface area contributed by atoms with Crippen LogP contribution in [0.5, 0.6) is 0 Å².